The van der Waals surface area contributed by atoms with Crippen LogP contribution < -0.4 is 0 Å². The first-order valence-corrected chi connectivity index (χ1v) is 11.3. The third-order valence-electron chi connectivity index (χ3n) is 4.21. The van der Waals surface area contributed by atoms with Crippen LogP contribution in [0.5, 0.6) is 0 Å². The van der Waals surface area contributed by atoms with Crippen molar-refractivity contribution in [1.29, 1.82) is 0 Å². The van der Waals surface area contributed by atoms with Gasteiger partial charge in [-0.2, -0.15) is 0 Å². The maximum atomic E-state index is 10.5. The molecule has 0 rings (SSSR count). The molecule has 0 unspecified atom stereocenters. The molecular weight excluding hydrogens is 339 g/mol. The van der Waals surface area contributed by atoms with Crippen LogP contribution in [-0.4, -0.2) is 11.1 Å². The minimum atomic E-state index is -0.182. The molecule has 0 radical (unpaired) electrons. The lowest BCUT2D eigenvalue weighted by Gasteiger charge is -2.02. The Morgan fingerprint density at radius 1 is 0.583 bits per heavy atom. The second kappa shape index (κ2) is 25.5. The molecule has 0 fully saturated rings. The van der Waals surface area contributed by atoms with Gasteiger partial charge in [0.25, 0.3) is 0 Å². The molecule has 0 bridgehead atoms. The molecule has 0 aliphatic heterocycles. The smallest absolute Gasteiger partial charge is 0.221 e. The molecule has 1 nitrogen and oxygen atoms in total. The van der Waals surface area contributed by atoms with E-state index in [9.17, 15) is 4.79 Å². The molecule has 146 valence electrons. The molecule has 0 aliphatic carbocycles. The summed E-state index contributed by atoms with van der Waals surface area (Å²) in [5, 5.41) is -0.182. The van der Waals surface area contributed by atoms with Gasteiger partial charge in [-0.1, -0.05) is 104 Å². The summed E-state index contributed by atoms with van der Waals surface area (Å²) >= 11 is 10.7. The van der Waals surface area contributed by atoms with E-state index in [4.69, 9.17) is 23.2 Å². The average Bonchev–Trinajstić information content (AvgIpc) is 2.57. The zero-order chi connectivity index (χ0) is 18.3. The molecule has 0 saturated heterocycles. The van der Waals surface area contributed by atoms with Crippen LogP contribution in [0.2, 0.25) is 0 Å². The van der Waals surface area contributed by atoms with Gasteiger partial charge in [-0.25, -0.2) is 0 Å². The number of hydrogen-bond acceptors (Lipinski definition) is 1. The quantitative estimate of drug-likeness (QED) is 0.140. The fraction of sp³-hybridized carbons (Fsp3) is 0.952. The SMILES string of the molecule is CCCCCCCCCCCCCCCC(=O)Cl.CCCCCCl. The highest BCUT2D eigenvalue weighted by molar-refractivity contribution is 6.63. The van der Waals surface area contributed by atoms with Gasteiger partial charge in [0.15, 0.2) is 0 Å². The molecule has 0 saturated carbocycles. The molecule has 3 heteroatoms. The molecule has 0 amide bonds. The minimum absolute atomic E-state index is 0.182. The number of hydrogen-bond donors (Lipinski definition) is 0. The van der Waals surface area contributed by atoms with Crippen LogP contribution >= 0.6 is 23.2 Å². The Kier molecular flexibility index (Phi) is 28.1. The number of carbonyl (C=O) groups excluding carboxylic acids is 1. The van der Waals surface area contributed by atoms with Gasteiger partial charge in [-0.05, 0) is 24.4 Å². The first kappa shape index (κ1) is 26.5. The highest BCUT2D eigenvalue weighted by atomic mass is 35.5. The van der Waals surface area contributed by atoms with Crippen molar-refractivity contribution in [1.82, 2.24) is 0 Å². The van der Waals surface area contributed by atoms with E-state index in [1.807, 2.05) is 0 Å². The van der Waals surface area contributed by atoms with Crippen molar-refractivity contribution < 1.29 is 4.79 Å². The van der Waals surface area contributed by atoms with E-state index in [1.54, 1.807) is 0 Å². The Labute approximate surface area is 162 Å². The number of rotatable bonds is 17. The molecule has 0 atom stereocenters. The fourth-order valence-electron chi connectivity index (χ4n) is 2.63. The molecule has 0 aromatic rings. The highest BCUT2D eigenvalue weighted by Gasteiger charge is 1.96. The molecule has 0 spiro atoms. The summed E-state index contributed by atoms with van der Waals surface area (Å²) in [5.41, 5.74) is 0. The number of carbonyl (C=O) groups is 1. The van der Waals surface area contributed by atoms with Crippen LogP contribution in [0.25, 0.3) is 0 Å². The second-order valence-corrected chi connectivity index (χ2v) is 7.54. The fourth-order valence-corrected chi connectivity index (χ4v) is 2.95. The van der Waals surface area contributed by atoms with Crippen LogP contribution in [0.1, 0.15) is 123 Å². The van der Waals surface area contributed by atoms with E-state index < -0.39 is 0 Å². The van der Waals surface area contributed by atoms with Crippen LogP contribution in [0.15, 0.2) is 0 Å². The molecule has 24 heavy (non-hydrogen) atoms. The van der Waals surface area contributed by atoms with Crippen molar-refractivity contribution in [3.63, 3.8) is 0 Å². The van der Waals surface area contributed by atoms with E-state index in [-0.39, 0.29) is 5.24 Å². The number of halogens is 2. The van der Waals surface area contributed by atoms with E-state index >= 15 is 0 Å². The Morgan fingerprint density at radius 3 is 1.21 bits per heavy atom. The van der Waals surface area contributed by atoms with E-state index in [0.717, 1.165) is 18.7 Å². The summed E-state index contributed by atoms with van der Waals surface area (Å²) < 4.78 is 0. The van der Waals surface area contributed by atoms with Crippen LogP contribution in [0.3, 0.4) is 0 Å². The third kappa shape index (κ3) is 30.2. The van der Waals surface area contributed by atoms with Gasteiger partial charge in [0.2, 0.25) is 5.24 Å². The van der Waals surface area contributed by atoms with Crippen molar-refractivity contribution in [3.8, 4) is 0 Å². The molecule has 0 aromatic carbocycles. The van der Waals surface area contributed by atoms with Gasteiger partial charge in [-0.15, -0.1) is 11.6 Å². The monoisotopic (exact) mass is 380 g/mol. The van der Waals surface area contributed by atoms with Gasteiger partial charge in [0.05, 0.1) is 0 Å². The molecule has 0 heterocycles. The minimum Gasteiger partial charge on any atom is -0.281 e. The van der Waals surface area contributed by atoms with Gasteiger partial charge < -0.3 is 0 Å². The topological polar surface area (TPSA) is 17.1 Å². The van der Waals surface area contributed by atoms with Crippen molar-refractivity contribution in [2.75, 3.05) is 5.88 Å². The van der Waals surface area contributed by atoms with E-state index in [1.165, 1.54) is 89.9 Å². The summed E-state index contributed by atoms with van der Waals surface area (Å²) in [6.45, 7) is 4.44. The Morgan fingerprint density at radius 2 is 0.917 bits per heavy atom. The van der Waals surface area contributed by atoms with Crippen LogP contribution in [-0.2, 0) is 4.79 Å². The second-order valence-electron chi connectivity index (χ2n) is 6.74. The summed E-state index contributed by atoms with van der Waals surface area (Å²) in [5.74, 6) is 0.827. The highest BCUT2D eigenvalue weighted by Crippen LogP contribution is 2.13. The third-order valence-corrected chi connectivity index (χ3v) is 4.67. The molecular formula is C21H42Cl2O. The lowest BCUT2D eigenvalue weighted by molar-refractivity contribution is -0.111. The van der Waals surface area contributed by atoms with Crippen LogP contribution in [0.4, 0.5) is 0 Å². The summed E-state index contributed by atoms with van der Waals surface area (Å²) in [7, 11) is 0. The van der Waals surface area contributed by atoms with Crippen LogP contribution in [0, 0.1) is 0 Å². The summed E-state index contributed by atoms with van der Waals surface area (Å²) in [6, 6.07) is 0. The predicted octanol–water partition coefficient (Wildman–Crippen LogP) is 8.65. The lowest BCUT2D eigenvalue weighted by Crippen LogP contribution is -1.86. The average molecular weight is 381 g/mol. The zero-order valence-corrected chi connectivity index (χ0v) is 17.9. The van der Waals surface area contributed by atoms with E-state index in [0.29, 0.717) is 6.42 Å². The summed E-state index contributed by atoms with van der Waals surface area (Å²) in [4.78, 5) is 10.5. The number of unbranched alkanes of at least 4 members (excludes halogenated alkanes) is 14. The van der Waals surface area contributed by atoms with Gasteiger partial charge >= 0.3 is 0 Å². The molecule has 0 N–H and O–H groups in total. The standard InChI is InChI=1S/C16H31ClO.C5H11Cl/c1-2-3-4-5-6-7-8-9-10-11-12-13-14-15-16(17)18;1-2-3-4-5-6/h2-15H2,1H3;2-5H2,1H3. The largest absolute Gasteiger partial charge is 0.281 e. The lowest BCUT2D eigenvalue weighted by atomic mass is 10.0. The Bertz CT molecular complexity index is 228. The predicted molar refractivity (Wildman–Crippen MR) is 111 cm³/mol. The maximum Gasteiger partial charge on any atom is 0.221 e. The number of alkyl halides is 1. The van der Waals surface area contributed by atoms with E-state index in [2.05, 4.69) is 13.8 Å². The van der Waals surface area contributed by atoms with Crippen molar-refractivity contribution in [2.24, 2.45) is 0 Å². The van der Waals surface area contributed by atoms with Gasteiger partial charge in [-0.3, -0.25) is 4.79 Å². The summed E-state index contributed by atoms with van der Waals surface area (Å²) in [6.07, 6.45) is 21.6. The molecule has 0 aromatic heterocycles. The van der Waals surface area contributed by atoms with Crippen molar-refractivity contribution in [2.45, 2.75) is 123 Å². The maximum absolute atomic E-state index is 10.5. The molecule has 0 aliphatic rings. The normalized spacial score (nSPS) is 10.3. The van der Waals surface area contributed by atoms with Crippen molar-refractivity contribution >= 4 is 28.4 Å². The Balaban J connectivity index is 0. The zero-order valence-electron chi connectivity index (χ0n) is 16.4. The van der Waals surface area contributed by atoms with Crippen molar-refractivity contribution in [3.05, 3.63) is 0 Å². The Hall–Kier alpha value is 0.250. The first-order chi connectivity index (χ1) is 11.7. The van der Waals surface area contributed by atoms with Gasteiger partial charge in [0.1, 0.15) is 0 Å². The van der Waals surface area contributed by atoms with Gasteiger partial charge in [0, 0.05) is 12.3 Å². The first-order valence-electron chi connectivity index (χ1n) is 10.4.